The second-order valence-electron chi connectivity index (χ2n) is 4.04. The number of rotatable bonds is 7. The molecular formula is C13H18N4O. The third kappa shape index (κ3) is 3.65. The van der Waals surface area contributed by atoms with Crippen LogP contribution in [0.15, 0.2) is 37.1 Å². The van der Waals surface area contributed by atoms with Gasteiger partial charge in [-0.15, -0.1) is 0 Å². The van der Waals surface area contributed by atoms with Crippen LogP contribution >= 0.6 is 0 Å². The summed E-state index contributed by atoms with van der Waals surface area (Å²) in [6, 6.07) is 4.03. The summed E-state index contributed by atoms with van der Waals surface area (Å²) in [5, 5.41) is 3.32. The molecule has 2 rings (SSSR count). The summed E-state index contributed by atoms with van der Waals surface area (Å²) < 4.78 is 7.13. The van der Waals surface area contributed by atoms with Crippen LogP contribution in [0.1, 0.15) is 11.3 Å². The van der Waals surface area contributed by atoms with Crippen LogP contribution in [-0.4, -0.2) is 34.8 Å². The molecule has 0 aromatic carbocycles. The maximum absolute atomic E-state index is 5.00. The molecule has 96 valence electrons. The number of aromatic nitrogens is 3. The molecule has 0 saturated heterocycles. The topological polar surface area (TPSA) is 52.0 Å². The molecule has 5 heteroatoms. The SMILES string of the molecule is COCCNCc1cncn1Cc1ccncc1. The van der Waals surface area contributed by atoms with E-state index < -0.39 is 0 Å². The Kier molecular flexibility index (Phi) is 4.87. The van der Waals surface area contributed by atoms with Gasteiger partial charge in [-0.3, -0.25) is 4.98 Å². The van der Waals surface area contributed by atoms with Crippen molar-refractivity contribution in [3.05, 3.63) is 48.3 Å². The van der Waals surface area contributed by atoms with E-state index in [1.54, 1.807) is 7.11 Å². The van der Waals surface area contributed by atoms with Gasteiger partial charge in [0.2, 0.25) is 0 Å². The lowest BCUT2D eigenvalue weighted by Gasteiger charge is -2.09. The molecule has 18 heavy (non-hydrogen) atoms. The van der Waals surface area contributed by atoms with Crippen molar-refractivity contribution in [1.82, 2.24) is 19.9 Å². The van der Waals surface area contributed by atoms with E-state index in [0.717, 1.165) is 26.2 Å². The van der Waals surface area contributed by atoms with E-state index in [0.29, 0.717) is 0 Å². The lowest BCUT2D eigenvalue weighted by atomic mass is 10.2. The van der Waals surface area contributed by atoms with Crippen molar-refractivity contribution in [3.8, 4) is 0 Å². The Balaban J connectivity index is 1.91. The fourth-order valence-corrected chi connectivity index (χ4v) is 1.71. The first-order chi connectivity index (χ1) is 8.90. The van der Waals surface area contributed by atoms with Crippen molar-refractivity contribution in [3.63, 3.8) is 0 Å². The minimum absolute atomic E-state index is 0.721. The Bertz CT molecular complexity index is 455. The monoisotopic (exact) mass is 246 g/mol. The number of hydrogen-bond acceptors (Lipinski definition) is 4. The summed E-state index contributed by atoms with van der Waals surface area (Å²) in [6.07, 6.45) is 7.36. The van der Waals surface area contributed by atoms with Gasteiger partial charge in [0, 0.05) is 45.3 Å². The highest BCUT2D eigenvalue weighted by Gasteiger charge is 2.02. The number of hydrogen-bond donors (Lipinski definition) is 1. The summed E-state index contributed by atoms with van der Waals surface area (Å²) in [4.78, 5) is 8.21. The Labute approximate surface area is 107 Å². The molecule has 0 amide bonds. The molecule has 2 aromatic rings. The summed E-state index contributed by atoms with van der Waals surface area (Å²) >= 11 is 0. The Morgan fingerprint density at radius 1 is 1.28 bits per heavy atom. The third-order valence-corrected chi connectivity index (χ3v) is 2.69. The molecule has 0 bridgehead atoms. The number of nitrogens with zero attached hydrogens (tertiary/aromatic N) is 3. The van der Waals surface area contributed by atoms with E-state index >= 15 is 0 Å². The lowest BCUT2D eigenvalue weighted by Crippen LogP contribution is -2.20. The van der Waals surface area contributed by atoms with Gasteiger partial charge >= 0.3 is 0 Å². The van der Waals surface area contributed by atoms with Crippen LogP contribution in [0, 0.1) is 0 Å². The minimum atomic E-state index is 0.721. The van der Waals surface area contributed by atoms with Crippen LogP contribution in [0.5, 0.6) is 0 Å². The number of methoxy groups -OCH3 is 1. The van der Waals surface area contributed by atoms with Crippen LogP contribution in [0.2, 0.25) is 0 Å². The summed E-state index contributed by atoms with van der Waals surface area (Å²) in [7, 11) is 1.70. The van der Waals surface area contributed by atoms with Gasteiger partial charge in [0.15, 0.2) is 0 Å². The summed E-state index contributed by atoms with van der Waals surface area (Å²) in [5.74, 6) is 0. The molecule has 0 fully saturated rings. The second kappa shape index (κ2) is 6.88. The van der Waals surface area contributed by atoms with Gasteiger partial charge in [-0.2, -0.15) is 0 Å². The van der Waals surface area contributed by atoms with Crippen LogP contribution in [0.4, 0.5) is 0 Å². The van der Waals surface area contributed by atoms with E-state index in [2.05, 4.69) is 19.9 Å². The molecule has 0 unspecified atom stereocenters. The van der Waals surface area contributed by atoms with Crippen molar-refractivity contribution < 1.29 is 4.74 Å². The van der Waals surface area contributed by atoms with E-state index in [4.69, 9.17) is 4.74 Å². The largest absolute Gasteiger partial charge is 0.383 e. The van der Waals surface area contributed by atoms with Crippen molar-refractivity contribution in [1.29, 1.82) is 0 Å². The van der Waals surface area contributed by atoms with Gasteiger partial charge in [-0.1, -0.05) is 0 Å². The second-order valence-corrected chi connectivity index (χ2v) is 4.04. The maximum atomic E-state index is 5.00. The predicted octanol–water partition coefficient (Wildman–Crippen LogP) is 1.06. The number of ether oxygens (including phenoxy) is 1. The number of pyridine rings is 1. The maximum Gasteiger partial charge on any atom is 0.0951 e. The first kappa shape index (κ1) is 12.7. The fraction of sp³-hybridized carbons (Fsp3) is 0.385. The van der Waals surface area contributed by atoms with Crippen LogP contribution in [0.3, 0.4) is 0 Å². The normalized spacial score (nSPS) is 10.7. The molecule has 2 heterocycles. The van der Waals surface area contributed by atoms with Gasteiger partial charge in [0.05, 0.1) is 18.6 Å². The molecule has 0 saturated carbocycles. The van der Waals surface area contributed by atoms with Gasteiger partial charge in [0.1, 0.15) is 0 Å². The average Bonchev–Trinajstić information content (AvgIpc) is 2.83. The Hall–Kier alpha value is -1.72. The molecule has 2 aromatic heterocycles. The van der Waals surface area contributed by atoms with Gasteiger partial charge in [0.25, 0.3) is 0 Å². The average molecular weight is 246 g/mol. The molecule has 0 aliphatic carbocycles. The zero-order valence-electron chi connectivity index (χ0n) is 10.5. The first-order valence-corrected chi connectivity index (χ1v) is 5.97. The molecular weight excluding hydrogens is 228 g/mol. The van der Waals surface area contributed by atoms with Crippen molar-refractivity contribution >= 4 is 0 Å². The molecule has 5 nitrogen and oxygen atoms in total. The third-order valence-electron chi connectivity index (χ3n) is 2.69. The highest BCUT2D eigenvalue weighted by molar-refractivity contribution is 5.12. The van der Waals surface area contributed by atoms with Crippen molar-refractivity contribution in [2.45, 2.75) is 13.1 Å². The molecule has 0 spiro atoms. The lowest BCUT2D eigenvalue weighted by molar-refractivity contribution is 0.199. The molecule has 0 atom stereocenters. The highest BCUT2D eigenvalue weighted by atomic mass is 16.5. The zero-order chi connectivity index (χ0) is 12.6. The summed E-state index contributed by atoms with van der Waals surface area (Å²) in [5.41, 5.74) is 2.39. The van der Waals surface area contributed by atoms with E-state index in [1.807, 2.05) is 37.1 Å². The standard InChI is InChI=1S/C13H18N4O/c1-18-7-6-15-8-13-9-16-11-17(13)10-12-2-4-14-5-3-12/h2-5,9,11,15H,6-8,10H2,1H3. The molecule has 0 aliphatic rings. The smallest absolute Gasteiger partial charge is 0.0951 e. The zero-order valence-corrected chi connectivity index (χ0v) is 10.5. The highest BCUT2D eigenvalue weighted by Crippen LogP contribution is 2.05. The number of nitrogens with one attached hydrogen (secondary N) is 1. The Morgan fingerprint density at radius 3 is 2.89 bits per heavy atom. The van der Waals surface area contributed by atoms with Crippen molar-refractivity contribution in [2.24, 2.45) is 0 Å². The fourth-order valence-electron chi connectivity index (χ4n) is 1.71. The molecule has 0 aliphatic heterocycles. The van der Waals surface area contributed by atoms with Gasteiger partial charge in [-0.25, -0.2) is 4.98 Å². The van der Waals surface area contributed by atoms with Crippen LogP contribution in [0.25, 0.3) is 0 Å². The van der Waals surface area contributed by atoms with E-state index in [1.165, 1.54) is 11.3 Å². The van der Waals surface area contributed by atoms with Gasteiger partial charge < -0.3 is 14.6 Å². The first-order valence-electron chi connectivity index (χ1n) is 5.97. The molecule has 0 radical (unpaired) electrons. The van der Waals surface area contributed by atoms with Crippen LogP contribution < -0.4 is 5.32 Å². The molecule has 1 N–H and O–H groups in total. The van der Waals surface area contributed by atoms with Crippen molar-refractivity contribution in [2.75, 3.05) is 20.3 Å². The summed E-state index contributed by atoms with van der Waals surface area (Å²) in [6.45, 7) is 3.19. The van der Waals surface area contributed by atoms with Gasteiger partial charge in [-0.05, 0) is 17.7 Å². The Morgan fingerprint density at radius 2 is 2.11 bits per heavy atom. The van der Waals surface area contributed by atoms with Crippen LogP contribution in [-0.2, 0) is 17.8 Å². The van der Waals surface area contributed by atoms with E-state index in [9.17, 15) is 0 Å². The minimum Gasteiger partial charge on any atom is -0.383 e. The van der Waals surface area contributed by atoms with E-state index in [-0.39, 0.29) is 0 Å². The quantitative estimate of drug-likeness (QED) is 0.742. The number of imidazole rings is 1. The predicted molar refractivity (Wildman–Crippen MR) is 69.1 cm³/mol.